The lowest BCUT2D eigenvalue weighted by Crippen LogP contribution is -2.24. The third kappa shape index (κ3) is 3.31. The van der Waals surface area contributed by atoms with E-state index in [1.165, 1.54) is 11.1 Å². The van der Waals surface area contributed by atoms with Crippen molar-refractivity contribution in [2.45, 2.75) is 26.3 Å². The molecule has 0 radical (unpaired) electrons. The predicted octanol–water partition coefficient (Wildman–Crippen LogP) is 2.65. The molecule has 0 saturated heterocycles. The molecule has 0 fully saturated rings. The number of anilines is 2. The summed E-state index contributed by atoms with van der Waals surface area (Å²) in [7, 11) is 0. The number of hydrogen-bond acceptors (Lipinski definition) is 5. The van der Waals surface area contributed by atoms with E-state index in [1.54, 1.807) is 12.3 Å². The van der Waals surface area contributed by atoms with Gasteiger partial charge in [-0.3, -0.25) is 0 Å². The van der Waals surface area contributed by atoms with E-state index in [0.717, 1.165) is 31.6 Å². The summed E-state index contributed by atoms with van der Waals surface area (Å²) in [6.07, 6.45) is 3.70. The molecule has 21 heavy (non-hydrogen) atoms. The molecule has 0 atom stereocenters. The molecule has 3 rings (SSSR count). The summed E-state index contributed by atoms with van der Waals surface area (Å²) in [5.41, 5.74) is 3.77. The molecule has 0 saturated carbocycles. The van der Waals surface area contributed by atoms with Gasteiger partial charge in [0.15, 0.2) is 0 Å². The number of fused-ring (bicyclic) bond motifs is 1. The Labute approximate surface area is 124 Å². The first-order valence-electron chi connectivity index (χ1n) is 7.41. The van der Waals surface area contributed by atoms with Gasteiger partial charge in [-0.1, -0.05) is 19.1 Å². The Morgan fingerprint density at radius 3 is 3.19 bits per heavy atom. The molecule has 1 aliphatic heterocycles. The highest BCUT2D eigenvalue weighted by atomic mass is 16.5. The molecule has 1 aromatic heterocycles. The topological polar surface area (TPSA) is 59.1 Å². The van der Waals surface area contributed by atoms with Crippen LogP contribution in [0.1, 0.15) is 24.5 Å². The van der Waals surface area contributed by atoms with Crippen molar-refractivity contribution < 1.29 is 4.74 Å². The molecule has 0 bridgehead atoms. The first kappa shape index (κ1) is 13.8. The van der Waals surface area contributed by atoms with Gasteiger partial charge in [0.25, 0.3) is 0 Å². The average molecular weight is 284 g/mol. The van der Waals surface area contributed by atoms with E-state index in [0.29, 0.717) is 18.4 Å². The van der Waals surface area contributed by atoms with Gasteiger partial charge in [0.05, 0.1) is 6.61 Å². The minimum atomic E-state index is 0.579. The van der Waals surface area contributed by atoms with Crippen LogP contribution in [0.3, 0.4) is 0 Å². The van der Waals surface area contributed by atoms with Crippen LogP contribution < -0.4 is 15.4 Å². The zero-order valence-electron chi connectivity index (χ0n) is 12.2. The van der Waals surface area contributed by atoms with Gasteiger partial charge >= 0.3 is 0 Å². The van der Waals surface area contributed by atoms with Crippen molar-refractivity contribution in [3.05, 3.63) is 41.6 Å². The van der Waals surface area contributed by atoms with E-state index in [1.807, 2.05) is 0 Å². The largest absolute Gasteiger partial charge is 0.478 e. The number of nitrogens with one attached hydrogen (secondary N) is 2. The van der Waals surface area contributed by atoms with E-state index in [4.69, 9.17) is 4.74 Å². The van der Waals surface area contributed by atoms with Crippen molar-refractivity contribution in [1.29, 1.82) is 0 Å². The van der Waals surface area contributed by atoms with Gasteiger partial charge in [0.1, 0.15) is 0 Å². The standard InChI is InChI=1S/C16H20N4O/c1-2-10-21-15-7-9-18-16(20-15)19-14-5-3-4-12-11-17-8-6-13(12)14/h3-5,7,9,17H,2,6,8,10-11H2,1H3,(H,18,19,20). The van der Waals surface area contributed by atoms with Gasteiger partial charge < -0.3 is 15.4 Å². The molecule has 0 spiro atoms. The van der Waals surface area contributed by atoms with E-state index >= 15 is 0 Å². The summed E-state index contributed by atoms with van der Waals surface area (Å²) < 4.78 is 5.55. The molecule has 2 heterocycles. The maximum Gasteiger partial charge on any atom is 0.230 e. The molecule has 0 amide bonds. The van der Waals surface area contributed by atoms with Gasteiger partial charge in [-0.15, -0.1) is 0 Å². The molecule has 2 aromatic rings. The van der Waals surface area contributed by atoms with Crippen molar-refractivity contribution in [2.24, 2.45) is 0 Å². The Morgan fingerprint density at radius 2 is 2.29 bits per heavy atom. The summed E-state index contributed by atoms with van der Waals surface area (Å²) in [4.78, 5) is 8.67. The molecule has 1 aliphatic rings. The van der Waals surface area contributed by atoms with Gasteiger partial charge in [-0.05, 0) is 36.6 Å². The van der Waals surface area contributed by atoms with Crippen LogP contribution in [0.25, 0.3) is 0 Å². The summed E-state index contributed by atoms with van der Waals surface area (Å²) in [5.74, 6) is 1.19. The number of benzene rings is 1. The highest BCUT2D eigenvalue weighted by molar-refractivity contribution is 5.61. The lowest BCUT2D eigenvalue weighted by Gasteiger charge is -2.20. The van der Waals surface area contributed by atoms with E-state index < -0.39 is 0 Å². The Hall–Kier alpha value is -2.14. The monoisotopic (exact) mass is 284 g/mol. The van der Waals surface area contributed by atoms with E-state index in [2.05, 4.69) is 45.7 Å². The summed E-state index contributed by atoms with van der Waals surface area (Å²) in [6.45, 7) is 4.67. The van der Waals surface area contributed by atoms with Gasteiger partial charge in [0, 0.05) is 24.5 Å². The van der Waals surface area contributed by atoms with Crippen LogP contribution in [0.15, 0.2) is 30.5 Å². The van der Waals surface area contributed by atoms with Crippen molar-refractivity contribution in [2.75, 3.05) is 18.5 Å². The maximum absolute atomic E-state index is 5.55. The molecule has 5 heteroatoms. The molecule has 1 aromatic carbocycles. The second kappa shape index (κ2) is 6.54. The van der Waals surface area contributed by atoms with Gasteiger partial charge in [0.2, 0.25) is 11.8 Å². The Bertz CT molecular complexity index is 615. The third-order valence-electron chi connectivity index (χ3n) is 3.47. The first-order valence-corrected chi connectivity index (χ1v) is 7.41. The smallest absolute Gasteiger partial charge is 0.230 e. The number of ether oxygens (including phenoxy) is 1. The minimum absolute atomic E-state index is 0.579. The van der Waals surface area contributed by atoms with Crippen LogP contribution in [-0.4, -0.2) is 23.1 Å². The fourth-order valence-corrected chi connectivity index (χ4v) is 2.46. The highest BCUT2D eigenvalue weighted by Crippen LogP contribution is 2.25. The fourth-order valence-electron chi connectivity index (χ4n) is 2.46. The molecule has 110 valence electrons. The molecule has 0 unspecified atom stereocenters. The van der Waals surface area contributed by atoms with Crippen LogP contribution in [-0.2, 0) is 13.0 Å². The predicted molar refractivity (Wildman–Crippen MR) is 83.0 cm³/mol. The second-order valence-corrected chi connectivity index (χ2v) is 5.06. The summed E-state index contributed by atoms with van der Waals surface area (Å²) in [6, 6.07) is 8.08. The zero-order chi connectivity index (χ0) is 14.5. The quantitative estimate of drug-likeness (QED) is 0.884. The number of rotatable bonds is 5. The van der Waals surface area contributed by atoms with Crippen LogP contribution in [0.5, 0.6) is 5.88 Å². The third-order valence-corrected chi connectivity index (χ3v) is 3.47. The van der Waals surface area contributed by atoms with Crippen molar-refractivity contribution in [1.82, 2.24) is 15.3 Å². The Morgan fingerprint density at radius 1 is 1.33 bits per heavy atom. The van der Waals surface area contributed by atoms with Gasteiger partial charge in [-0.25, -0.2) is 4.98 Å². The van der Waals surface area contributed by atoms with Crippen LogP contribution in [0, 0.1) is 0 Å². The van der Waals surface area contributed by atoms with Crippen molar-refractivity contribution >= 4 is 11.6 Å². The summed E-state index contributed by atoms with van der Waals surface area (Å²) in [5, 5.41) is 6.70. The molecule has 5 nitrogen and oxygen atoms in total. The maximum atomic E-state index is 5.55. The molecule has 2 N–H and O–H groups in total. The SMILES string of the molecule is CCCOc1ccnc(Nc2cccc3c2CCNC3)n1. The Balaban J connectivity index is 1.80. The van der Waals surface area contributed by atoms with Crippen LogP contribution in [0.2, 0.25) is 0 Å². The van der Waals surface area contributed by atoms with E-state index in [9.17, 15) is 0 Å². The summed E-state index contributed by atoms with van der Waals surface area (Å²) >= 11 is 0. The second-order valence-electron chi connectivity index (χ2n) is 5.06. The lowest BCUT2D eigenvalue weighted by molar-refractivity contribution is 0.305. The first-order chi connectivity index (χ1) is 10.4. The van der Waals surface area contributed by atoms with E-state index in [-0.39, 0.29) is 0 Å². The normalized spacial score (nSPS) is 13.6. The van der Waals surface area contributed by atoms with Crippen molar-refractivity contribution in [3.63, 3.8) is 0 Å². The zero-order valence-corrected chi connectivity index (χ0v) is 12.2. The van der Waals surface area contributed by atoms with Crippen LogP contribution in [0.4, 0.5) is 11.6 Å². The number of nitrogens with zero attached hydrogens (tertiary/aromatic N) is 2. The molecular weight excluding hydrogens is 264 g/mol. The minimum Gasteiger partial charge on any atom is -0.478 e. The lowest BCUT2D eigenvalue weighted by atomic mass is 9.99. The van der Waals surface area contributed by atoms with Crippen LogP contribution >= 0.6 is 0 Å². The van der Waals surface area contributed by atoms with Gasteiger partial charge in [-0.2, -0.15) is 4.98 Å². The number of aromatic nitrogens is 2. The van der Waals surface area contributed by atoms with Crippen molar-refractivity contribution in [3.8, 4) is 5.88 Å². The molecular formula is C16H20N4O. The average Bonchev–Trinajstić information content (AvgIpc) is 2.54. The highest BCUT2D eigenvalue weighted by Gasteiger charge is 2.13. The number of hydrogen-bond donors (Lipinski definition) is 2. The Kier molecular flexibility index (Phi) is 4.31. The molecule has 0 aliphatic carbocycles. The fraction of sp³-hybridized carbons (Fsp3) is 0.375.